The molecule has 1 unspecified atom stereocenters. The van der Waals surface area contributed by atoms with E-state index in [4.69, 9.17) is 5.73 Å². The maximum Gasteiger partial charge on any atom is 0.333 e. The summed E-state index contributed by atoms with van der Waals surface area (Å²) in [5.74, 6) is 0.392. The van der Waals surface area contributed by atoms with Gasteiger partial charge in [0.05, 0.1) is 4.92 Å². The van der Waals surface area contributed by atoms with Crippen molar-refractivity contribution in [3.63, 3.8) is 0 Å². The van der Waals surface area contributed by atoms with E-state index in [0.29, 0.717) is 24.5 Å². The van der Waals surface area contributed by atoms with Gasteiger partial charge in [0.2, 0.25) is 5.82 Å². The van der Waals surface area contributed by atoms with Gasteiger partial charge in [-0.1, -0.05) is 37.3 Å². The molecule has 7 nitrogen and oxygen atoms in total. The van der Waals surface area contributed by atoms with Crippen molar-refractivity contribution in [1.82, 2.24) is 9.78 Å². The first kappa shape index (κ1) is 15.0. The Labute approximate surface area is 122 Å². The van der Waals surface area contributed by atoms with Gasteiger partial charge in [0.1, 0.15) is 5.69 Å². The van der Waals surface area contributed by atoms with E-state index < -0.39 is 4.92 Å². The molecule has 1 atom stereocenters. The molecule has 112 valence electrons. The van der Waals surface area contributed by atoms with E-state index in [9.17, 15) is 10.1 Å². The number of hydrogen-bond donors (Lipinski definition) is 2. The van der Waals surface area contributed by atoms with Gasteiger partial charge < -0.3 is 11.1 Å². The van der Waals surface area contributed by atoms with Crippen LogP contribution in [0.2, 0.25) is 0 Å². The SMILES string of the molecule is CCc1nn(C)c(NCC(N)c2ccccc2)c1[N+](=O)[O-]. The van der Waals surface area contributed by atoms with Crippen molar-refractivity contribution in [2.45, 2.75) is 19.4 Å². The Bertz CT molecular complexity index is 624. The summed E-state index contributed by atoms with van der Waals surface area (Å²) in [7, 11) is 1.68. The molecule has 0 saturated heterocycles. The normalized spacial score (nSPS) is 12.1. The lowest BCUT2D eigenvalue weighted by Gasteiger charge is -2.13. The highest BCUT2D eigenvalue weighted by atomic mass is 16.6. The fraction of sp³-hybridized carbons (Fsp3) is 0.357. The molecule has 0 aliphatic carbocycles. The fourth-order valence-electron chi connectivity index (χ4n) is 2.22. The van der Waals surface area contributed by atoms with Crippen LogP contribution < -0.4 is 11.1 Å². The topological polar surface area (TPSA) is 99.0 Å². The number of nitrogens with zero attached hydrogens (tertiary/aromatic N) is 3. The van der Waals surface area contributed by atoms with Crippen molar-refractivity contribution in [1.29, 1.82) is 0 Å². The molecule has 0 aliphatic rings. The van der Waals surface area contributed by atoms with Crippen molar-refractivity contribution in [3.05, 3.63) is 51.7 Å². The van der Waals surface area contributed by atoms with Crippen LogP contribution in [0, 0.1) is 10.1 Å². The second-order valence-electron chi connectivity index (χ2n) is 4.78. The molecule has 1 heterocycles. The van der Waals surface area contributed by atoms with Gasteiger partial charge in [-0.25, -0.2) is 4.68 Å². The first-order valence-electron chi connectivity index (χ1n) is 6.79. The molecular formula is C14H19N5O2. The molecule has 2 rings (SSSR count). The molecule has 0 bridgehead atoms. The van der Waals surface area contributed by atoms with E-state index in [1.807, 2.05) is 37.3 Å². The van der Waals surface area contributed by atoms with E-state index in [2.05, 4.69) is 10.4 Å². The Balaban J connectivity index is 2.17. The van der Waals surface area contributed by atoms with E-state index >= 15 is 0 Å². The number of nitro groups is 1. The van der Waals surface area contributed by atoms with Gasteiger partial charge in [-0.2, -0.15) is 5.10 Å². The minimum atomic E-state index is -0.401. The highest BCUT2D eigenvalue weighted by Crippen LogP contribution is 2.28. The van der Waals surface area contributed by atoms with Crippen LogP contribution in [0.5, 0.6) is 0 Å². The van der Waals surface area contributed by atoms with Gasteiger partial charge in [-0.05, 0) is 12.0 Å². The van der Waals surface area contributed by atoms with Gasteiger partial charge >= 0.3 is 5.69 Å². The molecule has 0 spiro atoms. The monoisotopic (exact) mass is 289 g/mol. The molecule has 21 heavy (non-hydrogen) atoms. The van der Waals surface area contributed by atoms with E-state index in [0.717, 1.165) is 5.56 Å². The summed E-state index contributed by atoms with van der Waals surface area (Å²) in [5, 5.41) is 18.4. The predicted molar refractivity (Wildman–Crippen MR) is 81.1 cm³/mol. The van der Waals surface area contributed by atoms with Crippen LogP contribution in [0.15, 0.2) is 30.3 Å². The van der Waals surface area contributed by atoms with Crippen LogP contribution in [0.25, 0.3) is 0 Å². The average Bonchev–Trinajstić information content (AvgIpc) is 2.81. The Morgan fingerprint density at radius 1 is 1.43 bits per heavy atom. The van der Waals surface area contributed by atoms with Crippen LogP contribution in [0.4, 0.5) is 11.5 Å². The molecule has 2 aromatic rings. The summed E-state index contributed by atoms with van der Waals surface area (Å²) in [5.41, 5.74) is 7.57. The molecule has 0 amide bonds. The van der Waals surface area contributed by atoms with Crippen LogP contribution in [0.1, 0.15) is 24.2 Å². The first-order chi connectivity index (χ1) is 10.0. The summed E-state index contributed by atoms with van der Waals surface area (Å²) < 4.78 is 1.49. The second kappa shape index (κ2) is 6.36. The minimum absolute atomic E-state index is 0.0280. The number of benzene rings is 1. The van der Waals surface area contributed by atoms with Gasteiger partial charge in [0.15, 0.2) is 0 Å². The smallest absolute Gasteiger partial charge is 0.333 e. The van der Waals surface area contributed by atoms with E-state index in [1.54, 1.807) is 7.05 Å². The molecular weight excluding hydrogens is 270 g/mol. The molecule has 0 saturated carbocycles. The number of nitrogens with two attached hydrogens (primary N) is 1. The summed E-state index contributed by atoms with van der Waals surface area (Å²) in [6.45, 7) is 2.24. The summed E-state index contributed by atoms with van der Waals surface area (Å²) in [6, 6.07) is 9.37. The standard InChI is InChI=1S/C14H19N5O2/c1-3-12-13(19(20)21)14(18(2)17-12)16-9-11(15)10-7-5-4-6-8-10/h4-8,11,16H,3,9,15H2,1-2H3. The van der Waals surface area contributed by atoms with Crippen molar-refractivity contribution in [2.75, 3.05) is 11.9 Å². The number of aryl methyl sites for hydroxylation is 2. The third kappa shape index (κ3) is 3.19. The Morgan fingerprint density at radius 2 is 2.10 bits per heavy atom. The van der Waals surface area contributed by atoms with Crippen LogP contribution in [-0.4, -0.2) is 21.2 Å². The number of nitrogens with one attached hydrogen (secondary N) is 1. The van der Waals surface area contributed by atoms with Crippen LogP contribution in [0.3, 0.4) is 0 Å². The zero-order valence-electron chi connectivity index (χ0n) is 12.1. The molecule has 3 N–H and O–H groups in total. The number of hydrogen-bond acceptors (Lipinski definition) is 5. The van der Waals surface area contributed by atoms with Crippen molar-refractivity contribution < 1.29 is 4.92 Å². The van der Waals surface area contributed by atoms with Gasteiger partial charge in [-0.3, -0.25) is 10.1 Å². The van der Waals surface area contributed by atoms with Crippen molar-refractivity contribution in [3.8, 4) is 0 Å². The third-order valence-corrected chi connectivity index (χ3v) is 3.33. The maximum absolute atomic E-state index is 11.2. The summed E-state index contributed by atoms with van der Waals surface area (Å²) >= 11 is 0. The average molecular weight is 289 g/mol. The van der Waals surface area contributed by atoms with Crippen molar-refractivity contribution in [2.24, 2.45) is 12.8 Å². The lowest BCUT2D eigenvalue weighted by molar-refractivity contribution is -0.384. The number of rotatable bonds is 6. The first-order valence-corrected chi connectivity index (χ1v) is 6.79. The largest absolute Gasteiger partial charge is 0.363 e. The summed E-state index contributed by atoms with van der Waals surface area (Å²) in [4.78, 5) is 10.8. The van der Waals surface area contributed by atoms with E-state index in [-0.39, 0.29) is 11.7 Å². The van der Waals surface area contributed by atoms with Gasteiger partial charge in [-0.15, -0.1) is 0 Å². The van der Waals surface area contributed by atoms with Gasteiger partial charge in [0.25, 0.3) is 0 Å². The Morgan fingerprint density at radius 3 is 2.67 bits per heavy atom. The zero-order chi connectivity index (χ0) is 15.4. The number of anilines is 1. The lowest BCUT2D eigenvalue weighted by atomic mass is 10.1. The summed E-state index contributed by atoms with van der Waals surface area (Å²) in [6.07, 6.45) is 0.510. The molecule has 7 heteroatoms. The highest BCUT2D eigenvalue weighted by molar-refractivity contribution is 5.60. The lowest BCUT2D eigenvalue weighted by Crippen LogP contribution is -2.21. The van der Waals surface area contributed by atoms with Crippen LogP contribution in [-0.2, 0) is 13.5 Å². The molecule has 1 aromatic carbocycles. The van der Waals surface area contributed by atoms with Gasteiger partial charge in [0, 0.05) is 19.6 Å². The minimum Gasteiger partial charge on any atom is -0.363 e. The Kier molecular flexibility index (Phi) is 4.54. The predicted octanol–water partition coefficient (Wildman–Crippen LogP) is 2.00. The molecule has 0 radical (unpaired) electrons. The molecule has 0 aliphatic heterocycles. The Hall–Kier alpha value is -2.41. The molecule has 0 fully saturated rings. The highest BCUT2D eigenvalue weighted by Gasteiger charge is 2.25. The third-order valence-electron chi connectivity index (χ3n) is 3.33. The van der Waals surface area contributed by atoms with Crippen LogP contribution >= 0.6 is 0 Å². The number of aromatic nitrogens is 2. The second-order valence-corrected chi connectivity index (χ2v) is 4.78. The maximum atomic E-state index is 11.2. The van der Waals surface area contributed by atoms with E-state index in [1.165, 1.54) is 4.68 Å². The fourth-order valence-corrected chi connectivity index (χ4v) is 2.22. The molecule has 1 aromatic heterocycles. The zero-order valence-corrected chi connectivity index (χ0v) is 12.1. The van der Waals surface area contributed by atoms with Crippen molar-refractivity contribution >= 4 is 11.5 Å². The quantitative estimate of drug-likeness (QED) is 0.626.